The molecule has 0 unspecified atom stereocenters. The minimum Gasteiger partial charge on any atom is -0.326 e. The average molecular weight is 414 g/mol. The van der Waals surface area contributed by atoms with Gasteiger partial charge in [-0.05, 0) is 50.1 Å². The van der Waals surface area contributed by atoms with Crippen LogP contribution in [0.1, 0.15) is 46.9 Å². The van der Waals surface area contributed by atoms with Crippen LogP contribution >= 0.6 is 23.1 Å². The third-order valence-electron chi connectivity index (χ3n) is 4.38. The zero-order valence-corrected chi connectivity index (χ0v) is 18.1. The van der Waals surface area contributed by atoms with Crippen LogP contribution in [0.4, 0.5) is 5.69 Å². The Morgan fingerprint density at radius 3 is 2.50 bits per heavy atom. The van der Waals surface area contributed by atoms with Crippen molar-refractivity contribution in [1.29, 1.82) is 0 Å². The van der Waals surface area contributed by atoms with E-state index in [0.717, 1.165) is 33.9 Å². The van der Waals surface area contributed by atoms with Crippen LogP contribution in [0.3, 0.4) is 0 Å². The number of ketones is 1. The summed E-state index contributed by atoms with van der Waals surface area (Å²) >= 11 is 3.16. The summed E-state index contributed by atoms with van der Waals surface area (Å²) in [6.45, 7) is 7.75. The summed E-state index contributed by atoms with van der Waals surface area (Å²) in [7, 11) is 0. The second-order valence-electron chi connectivity index (χ2n) is 6.63. The molecule has 146 valence electrons. The Balaban J connectivity index is 1.80. The molecule has 0 saturated heterocycles. The molecule has 0 fully saturated rings. The molecular weight excluding hydrogens is 390 g/mol. The Kier molecular flexibility index (Phi) is 6.46. The number of aromatic nitrogens is 2. The molecule has 7 heteroatoms. The Hall–Kier alpha value is -2.25. The van der Waals surface area contributed by atoms with E-state index in [2.05, 4.69) is 26.1 Å². The quantitative estimate of drug-likeness (QED) is 0.328. The summed E-state index contributed by atoms with van der Waals surface area (Å²) in [5.41, 5.74) is 2.50. The molecule has 3 rings (SSSR count). The van der Waals surface area contributed by atoms with Gasteiger partial charge in [-0.25, -0.2) is 9.97 Å². The zero-order valence-electron chi connectivity index (χ0n) is 16.5. The van der Waals surface area contributed by atoms with Crippen LogP contribution in [0.5, 0.6) is 0 Å². The van der Waals surface area contributed by atoms with E-state index in [-0.39, 0.29) is 11.7 Å². The number of amides is 1. The third kappa shape index (κ3) is 4.59. The second kappa shape index (κ2) is 8.84. The van der Waals surface area contributed by atoms with Gasteiger partial charge in [0.1, 0.15) is 15.7 Å². The minimum atomic E-state index is -0.133. The van der Waals surface area contributed by atoms with Crippen LogP contribution in [0.25, 0.3) is 10.2 Å². The number of hydrogen-bond donors (Lipinski definition) is 1. The summed E-state index contributed by atoms with van der Waals surface area (Å²) in [4.78, 5) is 35.4. The third-order valence-corrected chi connectivity index (χ3v) is 6.46. The molecule has 0 atom stereocenters. The van der Waals surface area contributed by atoms with E-state index in [9.17, 15) is 9.59 Å². The standard InChI is InChI=1S/C21H23N3O2S2/c1-5-6-18-23-20(19-12(2)13(3)28-21(19)24-18)27-11-17(26)15-7-9-16(10-8-15)22-14(4)25/h7-10H,5-6,11H2,1-4H3,(H,22,25). The van der Waals surface area contributed by atoms with Crippen LogP contribution < -0.4 is 5.32 Å². The van der Waals surface area contributed by atoms with Gasteiger partial charge in [0.15, 0.2) is 5.78 Å². The number of thiophene rings is 1. The van der Waals surface area contributed by atoms with Crippen molar-refractivity contribution in [2.24, 2.45) is 0 Å². The molecule has 1 aromatic carbocycles. The van der Waals surface area contributed by atoms with E-state index >= 15 is 0 Å². The molecule has 1 amide bonds. The largest absolute Gasteiger partial charge is 0.326 e. The first kappa shape index (κ1) is 20.5. The van der Waals surface area contributed by atoms with E-state index in [1.807, 2.05) is 0 Å². The van der Waals surface area contributed by atoms with Crippen molar-refractivity contribution in [3.8, 4) is 0 Å². The van der Waals surface area contributed by atoms with Crippen LogP contribution in [0.15, 0.2) is 29.3 Å². The smallest absolute Gasteiger partial charge is 0.221 e. The van der Waals surface area contributed by atoms with Gasteiger partial charge < -0.3 is 5.32 Å². The highest BCUT2D eigenvalue weighted by atomic mass is 32.2. The van der Waals surface area contributed by atoms with E-state index in [1.54, 1.807) is 35.6 Å². The van der Waals surface area contributed by atoms with Crippen LogP contribution in [-0.4, -0.2) is 27.4 Å². The van der Waals surface area contributed by atoms with Crippen molar-refractivity contribution in [3.63, 3.8) is 0 Å². The number of aryl methyl sites for hydroxylation is 3. The summed E-state index contributed by atoms with van der Waals surface area (Å²) in [6.07, 6.45) is 1.82. The first-order valence-corrected chi connectivity index (χ1v) is 11.0. The van der Waals surface area contributed by atoms with Gasteiger partial charge in [-0.15, -0.1) is 11.3 Å². The molecule has 0 aliphatic heterocycles. The van der Waals surface area contributed by atoms with Gasteiger partial charge in [0.2, 0.25) is 5.91 Å². The van der Waals surface area contributed by atoms with Crippen molar-refractivity contribution in [1.82, 2.24) is 9.97 Å². The number of benzene rings is 1. The molecule has 2 heterocycles. The minimum absolute atomic E-state index is 0.0350. The van der Waals surface area contributed by atoms with Crippen LogP contribution in [0, 0.1) is 13.8 Å². The second-order valence-corrected chi connectivity index (χ2v) is 8.80. The summed E-state index contributed by atoms with van der Waals surface area (Å²) in [5.74, 6) is 1.05. The lowest BCUT2D eigenvalue weighted by atomic mass is 10.1. The fraction of sp³-hybridized carbons (Fsp3) is 0.333. The highest BCUT2D eigenvalue weighted by Crippen LogP contribution is 2.35. The first-order chi connectivity index (χ1) is 13.4. The predicted molar refractivity (Wildman–Crippen MR) is 117 cm³/mol. The van der Waals surface area contributed by atoms with Crippen molar-refractivity contribution in [3.05, 3.63) is 46.1 Å². The Morgan fingerprint density at radius 2 is 1.86 bits per heavy atom. The first-order valence-electron chi connectivity index (χ1n) is 9.19. The molecule has 2 aromatic heterocycles. The lowest BCUT2D eigenvalue weighted by Crippen LogP contribution is -2.07. The molecular formula is C21H23N3O2S2. The number of carbonyl (C=O) groups is 2. The van der Waals surface area contributed by atoms with Crippen molar-refractivity contribution in [2.45, 2.75) is 45.6 Å². The van der Waals surface area contributed by atoms with E-state index in [1.165, 1.54) is 29.1 Å². The van der Waals surface area contributed by atoms with Gasteiger partial charge in [-0.3, -0.25) is 9.59 Å². The van der Waals surface area contributed by atoms with Crippen molar-refractivity contribution in [2.75, 3.05) is 11.1 Å². The molecule has 0 radical (unpaired) electrons. The molecule has 3 aromatic rings. The average Bonchev–Trinajstić information content (AvgIpc) is 2.94. The van der Waals surface area contributed by atoms with Crippen LogP contribution in [0.2, 0.25) is 0 Å². The molecule has 28 heavy (non-hydrogen) atoms. The fourth-order valence-electron chi connectivity index (χ4n) is 2.85. The highest BCUT2D eigenvalue weighted by Gasteiger charge is 2.16. The normalized spacial score (nSPS) is 11.0. The number of carbonyl (C=O) groups excluding carboxylic acids is 2. The highest BCUT2D eigenvalue weighted by molar-refractivity contribution is 8.00. The number of nitrogens with zero attached hydrogens (tertiary/aromatic N) is 2. The zero-order chi connectivity index (χ0) is 20.3. The molecule has 0 aliphatic rings. The number of thioether (sulfide) groups is 1. The van der Waals surface area contributed by atoms with Gasteiger partial charge in [0, 0.05) is 34.9 Å². The number of hydrogen-bond acceptors (Lipinski definition) is 6. The maximum absolute atomic E-state index is 12.6. The SMILES string of the molecule is CCCc1nc(SCC(=O)c2ccc(NC(C)=O)cc2)c2c(C)c(C)sc2n1. The van der Waals surface area contributed by atoms with Gasteiger partial charge in [0.25, 0.3) is 0 Å². The molecule has 0 aliphatic carbocycles. The molecule has 5 nitrogen and oxygen atoms in total. The van der Waals surface area contributed by atoms with Gasteiger partial charge >= 0.3 is 0 Å². The van der Waals surface area contributed by atoms with Crippen LogP contribution in [-0.2, 0) is 11.2 Å². The Bertz CT molecular complexity index is 1030. The number of anilines is 1. The maximum Gasteiger partial charge on any atom is 0.221 e. The number of rotatable bonds is 7. The van der Waals surface area contributed by atoms with Gasteiger partial charge in [-0.1, -0.05) is 18.7 Å². The number of nitrogens with one attached hydrogen (secondary N) is 1. The summed E-state index contributed by atoms with van der Waals surface area (Å²) < 4.78 is 0. The number of fused-ring (bicyclic) bond motifs is 1. The summed E-state index contributed by atoms with van der Waals surface area (Å²) in [6, 6.07) is 6.97. The maximum atomic E-state index is 12.6. The van der Waals surface area contributed by atoms with Crippen molar-refractivity contribution >= 4 is 50.7 Å². The van der Waals surface area contributed by atoms with Crippen molar-refractivity contribution < 1.29 is 9.59 Å². The monoisotopic (exact) mass is 413 g/mol. The Labute approximate surface area is 173 Å². The lowest BCUT2D eigenvalue weighted by molar-refractivity contribution is -0.114. The van der Waals surface area contributed by atoms with E-state index in [4.69, 9.17) is 9.97 Å². The lowest BCUT2D eigenvalue weighted by Gasteiger charge is -2.07. The number of Topliss-reactive ketones (excluding diaryl/α,β-unsaturated/α-hetero) is 1. The van der Waals surface area contributed by atoms with E-state index < -0.39 is 0 Å². The van der Waals surface area contributed by atoms with E-state index in [0.29, 0.717) is 17.0 Å². The fourth-order valence-corrected chi connectivity index (χ4v) is 4.97. The molecule has 1 N–H and O–H groups in total. The summed E-state index contributed by atoms with van der Waals surface area (Å²) in [5, 5.41) is 4.66. The molecule has 0 spiro atoms. The van der Waals surface area contributed by atoms with Gasteiger partial charge in [0.05, 0.1) is 5.75 Å². The van der Waals surface area contributed by atoms with Gasteiger partial charge in [-0.2, -0.15) is 0 Å². The Morgan fingerprint density at radius 1 is 1.14 bits per heavy atom. The topological polar surface area (TPSA) is 72.0 Å². The predicted octanol–water partition coefficient (Wildman–Crippen LogP) is 5.19. The molecule has 0 bridgehead atoms. The molecule has 0 saturated carbocycles.